The number of fused-ring (bicyclic) bond motifs is 1. The molecule has 1 heterocycles. The van der Waals surface area contributed by atoms with Crippen LogP contribution in [0.2, 0.25) is 0 Å². The zero-order valence-electron chi connectivity index (χ0n) is 10.6. The van der Waals surface area contributed by atoms with Crippen LogP contribution >= 0.6 is 22.6 Å². The van der Waals surface area contributed by atoms with Crippen LogP contribution in [0.1, 0.15) is 15.9 Å². The smallest absolute Gasteiger partial charge is 0.186 e. The van der Waals surface area contributed by atoms with Crippen LogP contribution in [-0.4, -0.2) is 10.8 Å². The summed E-state index contributed by atoms with van der Waals surface area (Å²) < 4.78 is 0.971. The van der Waals surface area contributed by atoms with E-state index in [9.17, 15) is 4.79 Å². The molecule has 3 rings (SSSR count). The van der Waals surface area contributed by atoms with Crippen molar-refractivity contribution in [2.24, 2.45) is 0 Å². The van der Waals surface area contributed by atoms with E-state index < -0.39 is 0 Å². The fourth-order valence-corrected chi connectivity index (χ4v) is 2.80. The number of halogens is 1. The first-order valence-electron chi connectivity index (χ1n) is 6.29. The van der Waals surface area contributed by atoms with Crippen LogP contribution in [-0.2, 0) is 0 Å². The summed E-state index contributed by atoms with van der Waals surface area (Å²) in [4.78, 5) is 15.4. The molecule has 0 spiro atoms. The second-order valence-corrected chi connectivity index (χ2v) is 5.63. The predicted molar refractivity (Wildman–Crippen MR) is 90.8 cm³/mol. The Kier molecular flexibility index (Phi) is 3.69. The van der Waals surface area contributed by atoms with Gasteiger partial charge in [-0.1, -0.05) is 30.3 Å². The summed E-state index contributed by atoms with van der Waals surface area (Å²) in [6.45, 7) is 0. The molecule has 0 radical (unpaired) electrons. The molecule has 3 aromatic rings. The lowest BCUT2D eigenvalue weighted by Crippen LogP contribution is -1.96. The number of aromatic amines is 1. The van der Waals surface area contributed by atoms with Gasteiger partial charge in [0.05, 0.1) is 0 Å². The molecule has 2 aromatic carbocycles. The molecule has 3 heteroatoms. The van der Waals surface area contributed by atoms with Crippen LogP contribution in [0.15, 0.2) is 60.8 Å². The molecule has 0 amide bonds. The number of allylic oxidation sites excluding steroid dienone is 1. The topological polar surface area (TPSA) is 32.9 Å². The zero-order chi connectivity index (χ0) is 13.9. The summed E-state index contributed by atoms with van der Waals surface area (Å²) in [6.07, 6.45) is 5.42. The molecule has 0 bridgehead atoms. The standard InChI is InChI=1S/C17H12INO/c18-15-7-3-1-6-14(15)17(20)10-9-12-11-19-16-8-4-2-5-13(12)16/h1-11,19H/b10-9+. The minimum absolute atomic E-state index is 0.0280. The van der Waals surface area contributed by atoms with Gasteiger partial charge < -0.3 is 4.98 Å². The average molecular weight is 373 g/mol. The van der Waals surface area contributed by atoms with Crippen LogP contribution < -0.4 is 0 Å². The van der Waals surface area contributed by atoms with Crippen molar-refractivity contribution in [1.82, 2.24) is 4.98 Å². The highest BCUT2D eigenvalue weighted by Gasteiger charge is 2.06. The van der Waals surface area contributed by atoms with Gasteiger partial charge in [0.1, 0.15) is 0 Å². The van der Waals surface area contributed by atoms with Crippen LogP contribution in [0.3, 0.4) is 0 Å². The highest BCUT2D eigenvalue weighted by Crippen LogP contribution is 2.19. The monoisotopic (exact) mass is 373 g/mol. The minimum Gasteiger partial charge on any atom is -0.361 e. The third-order valence-electron chi connectivity index (χ3n) is 3.17. The predicted octanol–water partition coefficient (Wildman–Crippen LogP) is 4.67. The van der Waals surface area contributed by atoms with E-state index in [0.717, 1.165) is 25.6 Å². The Hall–Kier alpha value is -1.88. The average Bonchev–Trinajstić information content (AvgIpc) is 2.88. The molecule has 2 nitrogen and oxygen atoms in total. The molecule has 0 aliphatic heterocycles. The molecule has 0 aliphatic rings. The van der Waals surface area contributed by atoms with Gasteiger partial charge >= 0.3 is 0 Å². The molecular formula is C17H12INO. The molecule has 98 valence electrons. The molecule has 20 heavy (non-hydrogen) atoms. The van der Waals surface area contributed by atoms with Gasteiger partial charge in [0.2, 0.25) is 0 Å². The number of H-pyrrole nitrogens is 1. The molecule has 0 atom stereocenters. The normalized spacial score (nSPS) is 11.2. The minimum atomic E-state index is 0.0280. The number of benzene rings is 2. The summed E-state index contributed by atoms with van der Waals surface area (Å²) >= 11 is 2.18. The Morgan fingerprint density at radius 2 is 1.80 bits per heavy atom. The Bertz CT molecular complexity index is 801. The number of hydrogen-bond donors (Lipinski definition) is 1. The molecule has 0 saturated carbocycles. The van der Waals surface area contributed by atoms with E-state index in [1.807, 2.05) is 60.8 Å². The third kappa shape index (κ3) is 2.54. The maximum atomic E-state index is 12.2. The first-order valence-corrected chi connectivity index (χ1v) is 7.36. The fourth-order valence-electron chi connectivity index (χ4n) is 2.15. The van der Waals surface area contributed by atoms with Crippen molar-refractivity contribution in [3.63, 3.8) is 0 Å². The van der Waals surface area contributed by atoms with E-state index in [0.29, 0.717) is 0 Å². The van der Waals surface area contributed by atoms with Gasteiger partial charge in [0, 0.05) is 26.2 Å². The number of para-hydroxylation sites is 1. The van der Waals surface area contributed by atoms with Crippen molar-refractivity contribution < 1.29 is 4.79 Å². The summed E-state index contributed by atoms with van der Waals surface area (Å²) in [5, 5.41) is 1.12. The molecule has 0 saturated heterocycles. The molecule has 1 aromatic heterocycles. The van der Waals surface area contributed by atoms with Gasteiger partial charge in [0.15, 0.2) is 5.78 Å². The molecule has 0 aliphatic carbocycles. The number of aromatic nitrogens is 1. The van der Waals surface area contributed by atoms with Gasteiger partial charge in [-0.25, -0.2) is 0 Å². The van der Waals surface area contributed by atoms with E-state index in [4.69, 9.17) is 0 Å². The highest BCUT2D eigenvalue weighted by molar-refractivity contribution is 14.1. The van der Waals surface area contributed by atoms with Gasteiger partial charge in [-0.3, -0.25) is 4.79 Å². The van der Waals surface area contributed by atoms with Crippen LogP contribution in [0.4, 0.5) is 0 Å². The third-order valence-corrected chi connectivity index (χ3v) is 4.12. The number of rotatable bonds is 3. The molecular weight excluding hydrogens is 361 g/mol. The van der Waals surface area contributed by atoms with Gasteiger partial charge in [0.25, 0.3) is 0 Å². The second-order valence-electron chi connectivity index (χ2n) is 4.47. The summed E-state index contributed by atoms with van der Waals surface area (Å²) in [5.74, 6) is 0.0280. The van der Waals surface area contributed by atoms with Gasteiger partial charge in [-0.15, -0.1) is 0 Å². The maximum absolute atomic E-state index is 12.2. The van der Waals surface area contributed by atoms with Crippen molar-refractivity contribution in [3.05, 3.63) is 75.5 Å². The lowest BCUT2D eigenvalue weighted by atomic mass is 10.1. The number of nitrogens with one attached hydrogen (secondary N) is 1. The van der Waals surface area contributed by atoms with Crippen molar-refractivity contribution in [2.75, 3.05) is 0 Å². The van der Waals surface area contributed by atoms with Crippen LogP contribution in [0, 0.1) is 3.57 Å². The lowest BCUT2D eigenvalue weighted by molar-refractivity contribution is 0.104. The number of hydrogen-bond acceptors (Lipinski definition) is 1. The number of carbonyl (C=O) groups is 1. The molecule has 0 fully saturated rings. The van der Waals surface area contributed by atoms with E-state index >= 15 is 0 Å². The van der Waals surface area contributed by atoms with E-state index in [2.05, 4.69) is 27.6 Å². The maximum Gasteiger partial charge on any atom is 0.186 e. The largest absolute Gasteiger partial charge is 0.361 e. The quantitative estimate of drug-likeness (QED) is 0.404. The zero-order valence-corrected chi connectivity index (χ0v) is 12.8. The highest BCUT2D eigenvalue weighted by atomic mass is 127. The Morgan fingerprint density at radius 1 is 1.05 bits per heavy atom. The van der Waals surface area contributed by atoms with Gasteiger partial charge in [-0.2, -0.15) is 0 Å². The summed E-state index contributed by atoms with van der Waals surface area (Å²) in [6, 6.07) is 15.7. The van der Waals surface area contributed by atoms with Crippen molar-refractivity contribution in [1.29, 1.82) is 0 Å². The van der Waals surface area contributed by atoms with E-state index in [1.54, 1.807) is 6.08 Å². The first-order chi connectivity index (χ1) is 9.75. The van der Waals surface area contributed by atoms with E-state index in [1.165, 1.54) is 0 Å². The molecule has 0 unspecified atom stereocenters. The summed E-state index contributed by atoms with van der Waals surface area (Å²) in [7, 11) is 0. The van der Waals surface area contributed by atoms with Crippen molar-refractivity contribution in [3.8, 4) is 0 Å². The van der Waals surface area contributed by atoms with Crippen molar-refractivity contribution in [2.45, 2.75) is 0 Å². The van der Waals surface area contributed by atoms with Crippen LogP contribution in [0.5, 0.6) is 0 Å². The number of carbonyl (C=O) groups excluding carboxylic acids is 1. The number of ketones is 1. The fraction of sp³-hybridized carbons (Fsp3) is 0. The van der Waals surface area contributed by atoms with Crippen molar-refractivity contribution >= 4 is 45.4 Å². The molecule has 1 N–H and O–H groups in total. The lowest BCUT2D eigenvalue weighted by Gasteiger charge is -1.98. The van der Waals surface area contributed by atoms with Crippen LogP contribution in [0.25, 0.3) is 17.0 Å². The Labute approximate surface area is 130 Å². The van der Waals surface area contributed by atoms with Gasteiger partial charge in [-0.05, 0) is 58.5 Å². The Morgan fingerprint density at radius 3 is 2.65 bits per heavy atom. The Balaban J connectivity index is 1.91. The first kappa shape index (κ1) is 13.1. The van der Waals surface area contributed by atoms with E-state index in [-0.39, 0.29) is 5.78 Å². The second kappa shape index (κ2) is 5.63. The SMILES string of the molecule is O=C(/C=C/c1c[nH]c2ccccc12)c1ccccc1I. The summed E-state index contributed by atoms with van der Waals surface area (Å²) in [5.41, 5.74) is 2.85.